The molecule has 0 saturated heterocycles. The molecular weight excluding hydrogens is 288 g/mol. The van der Waals surface area contributed by atoms with E-state index >= 15 is 0 Å². The van der Waals surface area contributed by atoms with E-state index in [9.17, 15) is 9.18 Å². The molecule has 0 atom stereocenters. The molecule has 98 valence electrons. The number of rotatable bonds is 3. The average molecular weight is 298 g/mol. The molecular formula is C14H10Cl2FNO. The highest BCUT2D eigenvalue weighted by Gasteiger charge is 2.08. The summed E-state index contributed by atoms with van der Waals surface area (Å²) < 4.78 is 13.4. The van der Waals surface area contributed by atoms with Crippen molar-refractivity contribution >= 4 is 29.1 Å². The number of nitrogens with one attached hydrogen (secondary N) is 1. The Morgan fingerprint density at radius 1 is 1.11 bits per heavy atom. The van der Waals surface area contributed by atoms with Gasteiger partial charge in [0.2, 0.25) is 0 Å². The third-order valence-electron chi connectivity index (χ3n) is 2.52. The highest BCUT2D eigenvalue weighted by atomic mass is 35.5. The van der Waals surface area contributed by atoms with Gasteiger partial charge in [0, 0.05) is 27.7 Å². The van der Waals surface area contributed by atoms with E-state index in [1.54, 1.807) is 18.2 Å². The van der Waals surface area contributed by atoms with Crippen LogP contribution >= 0.6 is 23.2 Å². The largest absolute Gasteiger partial charge is 0.348 e. The molecule has 0 saturated carbocycles. The summed E-state index contributed by atoms with van der Waals surface area (Å²) in [4.78, 5) is 11.9. The normalized spacial score (nSPS) is 10.3. The molecule has 0 aliphatic heterocycles. The molecule has 1 amide bonds. The first kappa shape index (κ1) is 13.8. The molecule has 0 spiro atoms. The van der Waals surface area contributed by atoms with Gasteiger partial charge < -0.3 is 5.32 Å². The minimum Gasteiger partial charge on any atom is -0.348 e. The van der Waals surface area contributed by atoms with Gasteiger partial charge in [0.15, 0.2) is 0 Å². The molecule has 2 aromatic rings. The predicted molar refractivity (Wildman–Crippen MR) is 74.0 cm³/mol. The van der Waals surface area contributed by atoms with Crippen molar-refractivity contribution in [1.82, 2.24) is 5.32 Å². The van der Waals surface area contributed by atoms with Gasteiger partial charge in [-0.25, -0.2) is 4.39 Å². The number of benzene rings is 2. The van der Waals surface area contributed by atoms with Gasteiger partial charge in [-0.15, -0.1) is 0 Å². The Morgan fingerprint density at radius 3 is 2.37 bits per heavy atom. The van der Waals surface area contributed by atoms with E-state index in [4.69, 9.17) is 23.2 Å². The Bertz CT molecular complexity index is 596. The van der Waals surface area contributed by atoms with Crippen molar-refractivity contribution in [2.45, 2.75) is 6.54 Å². The topological polar surface area (TPSA) is 29.1 Å². The van der Waals surface area contributed by atoms with Crippen LogP contribution in [0.2, 0.25) is 10.0 Å². The lowest BCUT2D eigenvalue weighted by molar-refractivity contribution is 0.0950. The Hall–Kier alpha value is -1.58. The van der Waals surface area contributed by atoms with Crippen molar-refractivity contribution < 1.29 is 9.18 Å². The van der Waals surface area contributed by atoms with E-state index in [0.29, 0.717) is 21.2 Å². The first-order chi connectivity index (χ1) is 9.06. The summed E-state index contributed by atoms with van der Waals surface area (Å²) in [5.41, 5.74) is 0.762. The number of amides is 1. The second-order valence-electron chi connectivity index (χ2n) is 3.93. The quantitative estimate of drug-likeness (QED) is 0.909. The third kappa shape index (κ3) is 3.69. The zero-order chi connectivity index (χ0) is 13.8. The Morgan fingerprint density at radius 2 is 1.74 bits per heavy atom. The van der Waals surface area contributed by atoms with Crippen molar-refractivity contribution in [1.29, 1.82) is 0 Å². The van der Waals surface area contributed by atoms with Gasteiger partial charge >= 0.3 is 0 Å². The fourth-order valence-electron chi connectivity index (χ4n) is 1.60. The van der Waals surface area contributed by atoms with Crippen LogP contribution in [0.4, 0.5) is 4.39 Å². The molecule has 0 fully saturated rings. The minimum absolute atomic E-state index is 0.107. The van der Waals surface area contributed by atoms with Crippen LogP contribution in [0.5, 0.6) is 0 Å². The summed E-state index contributed by atoms with van der Waals surface area (Å²) in [6, 6.07) is 10.8. The lowest BCUT2D eigenvalue weighted by Gasteiger charge is -2.07. The van der Waals surface area contributed by atoms with Crippen LogP contribution in [0, 0.1) is 5.82 Å². The van der Waals surface area contributed by atoms with E-state index in [2.05, 4.69) is 5.32 Å². The van der Waals surface area contributed by atoms with Crippen LogP contribution in [0.1, 0.15) is 15.9 Å². The maximum absolute atomic E-state index is 13.4. The first-order valence-corrected chi connectivity index (χ1v) is 6.29. The van der Waals surface area contributed by atoms with E-state index in [1.165, 1.54) is 24.3 Å². The lowest BCUT2D eigenvalue weighted by Crippen LogP contribution is -2.23. The smallest absolute Gasteiger partial charge is 0.251 e. The lowest BCUT2D eigenvalue weighted by atomic mass is 10.2. The zero-order valence-electron chi connectivity index (χ0n) is 9.79. The van der Waals surface area contributed by atoms with Crippen LogP contribution in [0.3, 0.4) is 0 Å². The van der Waals surface area contributed by atoms with Gasteiger partial charge in [-0.1, -0.05) is 41.4 Å². The predicted octanol–water partition coefficient (Wildman–Crippen LogP) is 4.06. The van der Waals surface area contributed by atoms with Crippen LogP contribution in [0.15, 0.2) is 42.5 Å². The Labute approximate surface area is 120 Å². The number of halogens is 3. The van der Waals surface area contributed by atoms with Crippen LogP contribution in [0.25, 0.3) is 0 Å². The van der Waals surface area contributed by atoms with E-state index < -0.39 is 0 Å². The monoisotopic (exact) mass is 297 g/mol. The van der Waals surface area contributed by atoms with Gasteiger partial charge in [-0.3, -0.25) is 4.79 Å². The molecule has 5 heteroatoms. The number of hydrogen-bond donors (Lipinski definition) is 1. The second-order valence-corrected chi connectivity index (χ2v) is 4.81. The van der Waals surface area contributed by atoms with Crippen LogP contribution in [-0.4, -0.2) is 5.91 Å². The van der Waals surface area contributed by atoms with Crippen molar-refractivity contribution in [3.05, 3.63) is 69.5 Å². The molecule has 19 heavy (non-hydrogen) atoms. The van der Waals surface area contributed by atoms with Crippen molar-refractivity contribution in [3.8, 4) is 0 Å². The molecule has 2 rings (SSSR count). The van der Waals surface area contributed by atoms with Gasteiger partial charge in [0.25, 0.3) is 5.91 Å². The molecule has 2 aromatic carbocycles. The second kappa shape index (κ2) is 6.04. The van der Waals surface area contributed by atoms with Gasteiger partial charge in [-0.05, 0) is 24.3 Å². The number of hydrogen-bond acceptors (Lipinski definition) is 1. The SMILES string of the molecule is O=C(NCc1ccccc1F)c1cc(Cl)cc(Cl)c1. The molecule has 0 aromatic heterocycles. The van der Waals surface area contributed by atoms with Gasteiger partial charge in [0.1, 0.15) is 5.82 Å². The van der Waals surface area contributed by atoms with Crippen molar-refractivity contribution in [2.24, 2.45) is 0 Å². The van der Waals surface area contributed by atoms with E-state index in [-0.39, 0.29) is 18.3 Å². The third-order valence-corrected chi connectivity index (χ3v) is 2.96. The first-order valence-electron chi connectivity index (χ1n) is 5.54. The fourth-order valence-corrected chi connectivity index (χ4v) is 2.13. The molecule has 0 bridgehead atoms. The zero-order valence-corrected chi connectivity index (χ0v) is 11.3. The molecule has 1 N–H and O–H groups in total. The summed E-state index contributed by atoms with van der Waals surface area (Å²) in [7, 11) is 0. The van der Waals surface area contributed by atoms with Gasteiger partial charge in [-0.2, -0.15) is 0 Å². The summed E-state index contributed by atoms with van der Waals surface area (Å²) in [5, 5.41) is 3.37. The maximum atomic E-state index is 13.4. The summed E-state index contributed by atoms with van der Waals surface area (Å²) in [5.74, 6) is -0.709. The molecule has 0 aliphatic rings. The van der Waals surface area contributed by atoms with Gasteiger partial charge in [0.05, 0.1) is 0 Å². The number of carbonyl (C=O) groups is 1. The Balaban J connectivity index is 2.08. The van der Waals surface area contributed by atoms with Crippen LogP contribution < -0.4 is 5.32 Å². The van der Waals surface area contributed by atoms with Crippen molar-refractivity contribution in [2.75, 3.05) is 0 Å². The van der Waals surface area contributed by atoms with E-state index in [0.717, 1.165) is 0 Å². The highest BCUT2D eigenvalue weighted by Crippen LogP contribution is 2.19. The summed E-state index contributed by atoms with van der Waals surface area (Å²) in [6.07, 6.45) is 0. The van der Waals surface area contributed by atoms with E-state index in [1.807, 2.05) is 0 Å². The molecule has 0 aliphatic carbocycles. The molecule has 0 unspecified atom stereocenters. The van der Waals surface area contributed by atoms with Crippen LogP contribution in [-0.2, 0) is 6.54 Å². The number of carbonyl (C=O) groups excluding carboxylic acids is 1. The minimum atomic E-state index is -0.355. The maximum Gasteiger partial charge on any atom is 0.251 e. The summed E-state index contributed by atoms with van der Waals surface area (Å²) in [6.45, 7) is 0.107. The molecule has 0 heterocycles. The van der Waals surface area contributed by atoms with Crippen molar-refractivity contribution in [3.63, 3.8) is 0 Å². The molecule has 2 nitrogen and oxygen atoms in total. The summed E-state index contributed by atoms with van der Waals surface area (Å²) >= 11 is 11.6. The highest BCUT2D eigenvalue weighted by molar-refractivity contribution is 6.35. The standard InChI is InChI=1S/C14H10Cl2FNO/c15-11-5-10(6-12(16)7-11)14(19)18-8-9-3-1-2-4-13(9)17/h1-7H,8H2,(H,18,19). The Kier molecular flexibility index (Phi) is 4.40. The molecule has 0 radical (unpaired) electrons. The average Bonchev–Trinajstić information content (AvgIpc) is 2.36. The fraction of sp³-hybridized carbons (Fsp3) is 0.0714.